The standard InChI is InChI=1S/C10H7F4NO/c11-8-2-1-3-9(4-8)16-6-7(5-15)10(12,13)14/h1-4,7H,6H2. The maximum Gasteiger partial charge on any atom is 0.407 e. The van der Waals surface area contributed by atoms with Crippen molar-refractivity contribution >= 4 is 0 Å². The molecule has 0 bridgehead atoms. The van der Waals surface area contributed by atoms with E-state index in [0.29, 0.717) is 0 Å². The van der Waals surface area contributed by atoms with Crippen molar-refractivity contribution in [3.8, 4) is 11.8 Å². The first kappa shape index (κ1) is 12.3. The summed E-state index contributed by atoms with van der Waals surface area (Å²) in [5.41, 5.74) is 0. The zero-order valence-electron chi connectivity index (χ0n) is 7.96. The average molecular weight is 233 g/mol. The Hall–Kier alpha value is -1.77. The number of rotatable bonds is 3. The summed E-state index contributed by atoms with van der Waals surface area (Å²) in [6, 6.07) is 5.79. The highest BCUT2D eigenvalue weighted by Gasteiger charge is 2.40. The molecule has 1 atom stereocenters. The molecule has 0 N–H and O–H groups in total. The van der Waals surface area contributed by atoms with Crippen molar-refractivity contribution in [2.75, 3.05) is 6.61 Å². The van der Waals surface area contributed by atoms with Crippen LogP contribution < -0.4 is 4.74 Å². The molecule has 1 aromatic carbocycles. The van der Waals surface area contributed by atoms with Gasteiger partial charge in [0, 0.05) is 6.07 Å². The molecule has 0 aliphatic heterocycles. The smallest absolute Gasteiger partial charge is 0.407 e. The third kappa shape index (κ3) is 3.42. The van der Waals surface area contributed by atoms with Gasteiger partial charge in [0.15, 0.2) is 5.92 Å². The van der Waals surface area contributed by atoms with Crippen molar-refractivity contribution in [1.29, 1.82) is 5.26 Å². The Balaban J connectivity index is 2.61. The van der Waals surface area contributed by atoms with Gasteiger partial charge in [-0.15, -0.1) is 0 Å². The van der Waals surface area contributed by atoms with Crippen LogP contribution in [-0.2, 0) is 0 Å². The maximum atomic E-state index is 12.6. The van der Waals surface area contributed by atoms with Crippen LogP contribution in [0.2, 0.25) is 0 Å². The molecule has 86 valence electrons. The lowest BCUT2D eigenvalue weighted by molar-refractivity contribution is -0.165. The Bertz CT molecular complexity index is 397. The summed E-state index contributed by atoms with van der Waals surface area (Å²) >= 11 is 0. The molecule has 0 spiro atoms. The van der Waals surface area contributed by atoms with Crippen LogP contribution in [0.5, 0.6) is 5.75 Å². The molecule has 0 radical (unpaired) electrons. The summed E-state index contributed by atoms with van der Waals surface area (Å²) < 4.78 is 53.7. The fraction of sp³-hybridized carbons (Fsp3) is 0.300. The molecule has 1 aromatic rings. The highest BCUT2D eigenvalue weighted by molar-refractivity contribution is 5.22. The molecule has 0 aliphatic rings. The summed E-state index contributed by atoms with van der Waals surface area (Å²) in [6.45, 7) is -0.844. The van der Waals surface area contributed by atoms with Gasteiger partial charge in [0.05, 0.1) is 6.07 Å². The number of ether oxygens (including phenoxy) is 1. The van der Waals surface area contributed by atoms with E-state index in [9.17, 15) is 17.6 Å². The number of nitrogens with zero attached hydrogens (tertiary/aromatic N) is 1. The Kier molecular flexibility index (Phi) is 3.72. The molecule has 0 heterocycles. The van der Waals surface area contributed by atoms with E-state index < -0.39 is 24.5 Å². The van der Waals surface area contributed by atoms with Crippen LogP contribution in [0, 0.1) is 23.1 Å². The third-order valence-electron chi connectivity index (χ3n) is 1.76. The van der Waals surface area contributed by atoms with Crippen LogP contribution in [0.4, 0.5) is 17.6 Å². The van der Waals surface area contributed by atoms with E-state index in [4.69, 9.17) is 5.26 Å². The molecular formula is C10H7F4NO. The van der Waals surface area contributed by atoms with Gasteiger partial charge in [-0.3, -0.25) is 0 Å². The van der Waals surface area contributed by atoms with Crippen molar-refractivity contribution in [1.82, 2.24) is 0 Å². The quantitative estimate of drug-likeness (QED) is 0.752. The molecule has 0 aliphatic carbocycles. The van der Waals surface area contributed by atoms with Gasteiger partial charge in [0.25, 0.3) is 0 Å². The maximum absolute atomic E-state index is 12.6. The predicted octanol–water partition coefficient (Wildman–Crippen LogP) is 2.91. The lowest BCUT2D eigenvalue weighted by Gasteiger charge is -2.13. The second-order valence-electron chi connectivity index (χ2n) is 2.99. The third-order valence-corrected chi connectivity index (χ3v) is 1.76. The van der Waals surface area contributed by atoms with Gasteiger partial charge in [-0.2, -0.15) is 18.4 Å². The lowest BCUT2D eigenvalue weighted by atomic mass is 10.2. The van der Waals surface area contributed by atoms with E-state index in [2.05, 4.69) is 4.74 Å². The number of nitriles is 1. The molecule has 0 amide bonds. The summed E-state index contributed by atoms with van der Waals surface area (Å²) in [7, 11) is 0. The molecule has 1 unspecified atom stereocenters. The normalized spacial score (nSPS) is 12.9. The van der Waals surface area contributed by atoms with Crippen LogP contribution in [0.1, 0.15) is 0 Å². The minimum absolute atomic E-state index is 0.0375. The summed E-state index contributed by atoms with van der Waals surface area (Å²) in [6.07, 6.45) is -4.64. The topological polar surface area (TPSA) is 33.0 Å². The first-order chi connectivity index (χ1) is 7.43. The summed E-state index contributed by atoms with van der Waals surface area (Å²) in [4.78, 5) is 0. The van der Waals surface area contributed by atoms with Gasteiger partial charge in [-0.1, -0.05) is 6.07 Å². The van der Waals surface area contributed by atoms with E-state index in [0.717, 1.165) is 18.2 Å². The fourth-order valence-electron chi connectivity index (χ4n) is 0.941. The SMILES string of the molecule is N#CC(COc1cccc(F)c1)C(F)(F)F. The number of alkyl halides is 3. The molecular weight excluding hydrogens is 226 g/mol. The van der Waals surface area contributed by atoms with Gasteiger partial charge in [0.1, 0.15) is 18.2 Å². The molecule has 2 nitrogen and oxygen atoms in total. The molecule has 0 saturated heterocycles. The summed E-state index contributed by atoms with van der Waals surface area (Å²) in [5, 5.41) is 8.27. The average Bonchev–Trinajstić information content (AvgIpc) is 2.16. The largest absolute Gasteiger partial charge is 0.492 e. The number of benzene rings is 1. The van der Waals surface area contributed by atoms with Gasteiger partial charge >= 0.3 is 6.18 Å². The molecule has 0 aromatic heterocycles. The van der Waals surface area contributed by atoms with E-state index in [1.165, 1.54) is 12.1 Å². The predicted molar refractivity (Wildman–Crippen MR) is 47.1 cm³/mol. The zero-order chi connectivity index (χ0) is 12.2. The highest BCUT2D eigenvalue weighted by Crippen LogP contribution is 2.26. The second-order valence-corrected chi connectivity index (χ2v) is 2.99. The van der Waals surface area contributed by atoms with Gasteiger partial charge in [-0.25, -0.2) is 4.39 Å². The van der Waals surface area contributed by atoms with Crippen molar-refractivity contribution in [2.24, 2.45) is 5.92 Å². The molecule has 1 rings (SSSR count). The number of halogens is 4. The molecule has 0 fully saturated rings. The molecule has 16 heavy (non-hydrogen) atoms. The lowest BCUT2D eigenvalue weighted by Crippen LogP contribution is -2.27. The summed E-state index contributed by atoms with van der Waals surface area (Å²) in [5.74, 6) is -2.86. The minimum atomic E-state index is -4.64. The van der Waals surface area contributed by atoms with Crippen LogP contribution in [0.3, 0.4) is 0 Å². The first-order valence-electron chi connectivity index (χ1n) is 4.28. The van der Waals surface area contributed by atoms with Crippen LogP contribution >= 0.6 is 0 Å². The van der Waals surface area contributed by atoms with Gasteiger partial charge in [-0.05, 0) is 12.1 Å². The molecule has 6 heteroatoms. The Morgan fingerprint density at radius 1 is 1.38 bits per heavy atom. The zero-order valence-corrected chi connectivity index (χ0v) is 7.96. The van der Waals surface area contributed by atoms with Crippen LogP contribution in [0.15, 0.2) is 24.3 Å². The first-order valence-corrected chi connectivity index (χ1v) is 4.28. The van der Waals surface area contributed by atoms with Gasteiger partial charge in [0.2, 0.25) is 0 Å². The van der Waals surface area contributed by atoms with Gasteiger partial charge < -0.3 is 4.74 Å². The van der Waals surface area contributed by atoms with E-state index in [1.54, 1.807) is 0 Å². The Labute approximate surface area is 89.1 Å². The highest BCUT2D eigenvalue weighted by atomic mass is 19.4. The monoisotopic (exact) mass is 233 g/mol. The van der Waals surface area contributed by atoms with E-state index in [-0.39, 0.29) is 5.75 Å². The Morgan fingerprint density at radius 3 is 2.56 bits per heavy atom. The number of hydrogen-bond acceptors (Lipinski definition) is 2. The fourth-order valence-corrected chi connectivity index (χ4v) is 0.941. The Morgan fingerprint density at radius 2 is 2.06 bits per heavy atom. The van der Waals surface area contributed by atoms with Crippen molar-refractivity contribution in [2.45, 2.75) is 6.18 Å². The second kappa shape index (κ2) is 4.84. The van der Waals surface area contributed by atoms with Crippen molar-refractivity contribution < 1.29 is 22.3 Å². The van der Waals surface area contributed by atoms with E-state index in [1.807, 2.05) is 0 Å². The molecule has 0 saturated carbocycles. The minimum Gasteiger partial charge on any atom is -0.492 e. The van der Waals surface area contributed by atoms with Crippen molar-refractivity contribution in [3.05, 3.63) is 30.1 Å². The van der Waals surface area contributed by atoms with Crippen LogP contribution in [-0.4, -0.2) is 12.8 Å². The number of hydrogen-bond donors (Lipinski definition) is 0. The van der Waals surface area contributed by atoms with Crippen molar-refractivity contribution in [3.63, 3.8) is 0 Å². The van der Waals surface area contributed by atoms with E-state index >= 15 is 0 Å². The van der Waals surface area contributed by atoms with Crippen LogP contribution in [0.25, 0.3) is 0 Å².